The summed E-state index contributed by atoms with van der Waals surface area (Å²) in [6.45, 7) is 11.4. The van der Waals surface area contributed by atoms with Crippen molar-refractivity contribution in [3.63, 3.8) is 0 Å². The van der Waals surface area contributed by atoms with E-state index in [0.29, 0.717) is 0 Å². The third-order valence-corrected chi connectivity index (χ3v) is 8.02. The molecule has 0 aromatic carbocycles. The second kappa shape index (κ2) is 9.17. The first kappa shape index (κ1) is 14.9. The van der Waals surface area contributed by atoms with Gasteiger partial charge in [-0.25, -0.2) is 0 Å². The lowest BCUT2D eigenvalue weighted by Crippen LogP contribution is -2.36. The molecule has 0 aliphatic carbocycles. The van der Waals surface area contributed by atoms with E-state index in [0.717, 1.165) is 6.61 Å². The van der Waals surface area contributed by atoms with Crippen LogP contribution < -0.4 is 0 Å². The molecule has 0 spiro atoms. The molecular formula is C13H28OSi. The van der Waals surface area contributed by atoms with Crippen LogP contribution in [-0.4, -0.2) is 14.9 Å². The summed E-state index contributed by atoms with van der Waals surface area (Å²) < 4.78 is 6.05. The molecule has 0 rings (SSSR count). The summed E-state index contributed by atoms with van der Waals surface area (Å²) >= 11 is 0. The van der Waals surface area contributed by atoms with Crippen LogP contribution in [0.3, 0.4) is 0 Å². The minimum absolute atomic E-state index is 0.903. The maximum atomic E-state index is 6.05. The van der Waals surface area contributed by atoms with Crippen molar-refractivity contribution in [2.75, 3.05) is 6.61 Å². The smallest absolute Gasteiger partial charge is 0.192 e. The molecule has 90 valence electrons. The van der Waals surface area contributed by atoms with Crippen molar-refractivity contribution in [2.45, 2.75) is 64.6 Å². The Kier molecular flexibility index (Phi) is 9.11. The average molecular weight is 228 g/mol. The highest BCUT2D eigenvalue weighted by atomic mass is 28.4. The van der Waals surface area contributed by atoms with Crippen LogP contribution in [0.4, 0.5) is 0 Å². The van der Waals surface area contributed by atoms with Crippen LogP contribution in [0.2, 0.25) is 18.1 Å². The first-order valence-electron chi connectivity index (χ1n) is 6.49. The summed E-state index contributed by atoms with van der Waals surface area (Å²) in [5.41, 5.74) is 0. The van der Waals surface area contributed by atoms with Gasteiger partial charge in [-0.1, -0.05) is 32.8 Å². The Morgan fingerprint density at radius 1 is 1.07 bits per heavy atom. The van der Waals surface area contributed by atoms with E-state index in [1.54, 1.807) is 0 Å². The number of rotatable bonds is 10. The first-order valence-corrected chi connectivity index (χ1v) is 9.02. The fourth-order valence-corrected chi connectivity index (χ4v) is 5.37. The number of hydrogen-bond acceptors (Lipinski definition) is 1. The molecule has 0 aliphatic heterocycles. The zero-order valence-electron chi connectivity index (χ0n) is 10.8. The molecular weight excluding hydrogens is 200 g/mol. The monoisotopic (exact) mass is 228 g/mol. The topological polar surface area (TPSA) is 9.23 Å². The number of unbranched alkanes of at least 4 members (excludes halogenated alkanes) is 3. The quantitative estimate of drug-likeness (QED) is 0.298. The third-order valence-electron chi connectivity index (χ3n) is 3.28. The molecule has 0 aromatic heterocycles. The molecule has 0 saturated carbocycles. The van der Waals surface area contributed by atoms with Crippen LogP contribution in [0.25, 0.3) is 0 Å². The molecule has 0 amide bonds. The highest BCUT2D eigenvalue weighted by Gasteiger charge is 2.29. The lowest BCUT2D eigenvalue weighted by atomic mass is 10.2. The van der Waals surface area contributed by atoms with E-state index in [1.165, 1.54) is 43.8 Å². The van der Waals surface area contributed by atoms with Gasteiger partial charge in [-0.15, -0.1) is 6.58 Å². The fraction of sp³-hybridized carbons (Fsp3) is 0.846. The van der Waals surface area contributed by atoms with Gasteiger partial charge in [-0.3, -0.25) is 0 Å². The molecule has 0 saturated heterocycles. The van der Waals surface area contributed by atoms with Crippen LogP contribution in [-0.2, 0) is 4.43 Å². The fourth-order valence-electron chi connectivity index (χ4n) is 2.10. The van der Waals surface area contributed by atoms with E-state index in [1.807, 2.05) is 6.08 Å². The maximum Gasteiger partial charge on any atom is 0.192 e. The summed E-state index contributed by atoms with van der Waals surface area (Å²) in [7, 11) is -1.33. The second-order valence-electron chi connectivity index (χ2n) is 4.21. The van der Waals surface area contributed by atoms with Gasteiger partial charge in [0, 0.05) is 6.61 Å². The molecule has 15 heavy (non-hydrogen) atoms. The van der Waals surface area contributed by atoms with Gasteiger partial charge in [-0.2, -0.15) is 0 Å². The lowest BCUT2D eigenvalue weighted by Gasteiger charge is -2.28. The molecule has 0 heterocycles. The molecule has 0 N–H and O–H groups in total. The Morgan fingerprint density at radius 3 is 2.20 bits per heavy atom. The van der Waals surface area contributed by atoms with E-state index in [4.69, 9.17) is 4.43 Å². The van der Waals surface area contributed by atoms with Crippen molar-refractivity contribution in [2.24, 2.45) is 0 Å². The molecule has 0 atom stereocenters. The standard InChI is InChI=1S/C13H28OSi/c1-5-9-10-11-12-13-15(7-3,8-4)14-6-2/h5H,1,6-13H2,2-4H3. The molecule has 0 bridgehead atoms. The van der Waals surface area contributed by atoms with Gasteiger partial charge in [0.25, 0.3) is 0 Å². The Labute approximate surface area is 97.0 Å². The summed E-state index contributed by atoms with van der Waals surface area (Å²) in [5.74, 6) is 0. The summed E-state index contributed by atoms with van der Waals surface area (Å²) in [5, 5.41) is 0. The van der Waals surface area contributed by atoms with E-state index in [-0.39, 0.29) is 0 Å². The highest BCUT2D eigenvalue weighted by molar-refractivity contribution is 6.73. The van der Waals surface area contributed by atoms with Gasteiger partial charge < -0.3 is 4.43 Å². The average Bonchev–Trinajstić information content (AvgIpc) is 2.27. The third kappa shape index (κ3) is 6.16. The zero-order chi connectivity index (χ0) is 11.6. The van der Waals surface area contributed by atoms with E-state index in [2.05, 4.69) is 27.4 Å². The minimum atomic E-state index is -1.33. The van der Waals surface area contributed by atoms with E-state index in [9.17, 15) is 0 Å². The van der Waals surface area contributed by atoms with Gasteiger partial charge in [0.15, 0.2) is 8.32 Å². The number of hydrogen-bond donors (Lipinski definition) is 0. The Balaban J connectivity index is 3.79. The highest BCUT2D eigenvalue weighted by Crippen LogP contribution is 2.25. The maximum absolute atomic E-state index is 6.05. The van der Waals surface area contributed by atoms with Crippen LogP contribution in [0.1, 0.15) is 46.5 Å². The molecule has 0 unspecified atom stereocenters. The molecule has 0 aromatic rings. The zero-order valence-corrected chi connectivity index (χ0v) is 11.8. The molecule has 0 radical (unpaired) electrons. The second-order valence-corrected chi connectivity index (χ2v) is 8.78. The van der Waals surface area contributed by atoms with Crippen LogP contribution in [0, 0.1) is 0 Å². The summed E-state index contributed by atoms with van der Waals surface area (Å²) in [6, 6.07) is 3.91. The van der Waals surface area contributed by atoms with Crippen LogP contribution >= 0.6 is 0 Å². The van der Waals surface area contributed by atoms with Crippen molar-refractivity contribution < 1.29 is 4.43 Å². The van der Waals surface area contributed by atoms with Crippen molar-refractivity contribution in [3.05, 3.63) is 12.7 Å². The van der Waals surface area contributed by atoms with Crippen LogP contribution in [0.5, 0.6) is 0 Å². The van der Waals surface area contributed by atoms with Gasteiger partial charge >= 0.3 is 0 Å². The molecule has 2 heteroatoms. The molecule has 0 fully saturated rings. The SMILES string of the molecule is C=CCCCCC[Si](CC)(CC)OCC. The lowest BCUT2D eigenvalue weighted by molar-refractivity contribution is 0.318. The Bertz CT molecular complexity index is 153. The molecule has 0 aliphatic rings. The summed E-state index contributed by atoms with van der Waals surface area (Å²) in [6.07, 6.45) is 7.18. The van der Waals surface area contributed by atoms with E-state index >= 15 is 0 Å². The Morgan fingerprint density at radius 2 is 1.73 bits per heavy atom. The predicted octanol–water partition coefficient (Wildman–Crippen LogP) is 4.75. The predicted molar refractivity (Wildman–Crippen MR) is 71.8 cm³/mol. The van der Waals surface area contributed by atoms with Crippen molar-refractivity contribution in [1.82, 2.24) is 0 Å². The summed E-state index contributed by atoms with van der Waals surface area (Å²) in [4.78, 5) is 0. The Hall–Kier alpha value is -0.0831. The largest absolute Gasteiger partial charge is 0.417 e. The van der Waals surface area contributed by atoms with Crippen molar-refractivity contribution in [1.29, 1.82) is 0 Å². The first-order chi connectivity index (χ1) is 7.24. The van der Waals surface area contributed by atoms with Crippen LogP contribution in [0.15, 0.2) is 12.7 Å². The van der Waals surface area contributed by atoms with Crippen molar-refractivity contribution >= 4 is 8.32 Å². The van der Waals surface area contributed by atoms with Crippen molar-refractivity contribution in [3.8, 4) is 0 Å². The number of allylic oxidation sites excluding steroid dienone is 1. The van der Waals surface area contributed by atoms with Gasteiger partial charge in [0.05, 0.1) is 0 Å². The van der Waals surface area contributed by atoms with E-state index < -0.39 is 8.32 Å². The van der Waals surface area contributed by atoms with Gasteiger partial charge in [0.1, 0.15) is 0 Å². The van der Waals surface area contributed by atoms with Gasteiger partial charge in [0.2, 0.25) is 0 Å². The minimum Gasteiger partial charge on any atom is -0.417 e. The van der Waals surface area contributed by atoms with Gasteiger partial charge in [-0.05, 0) is 37.9 Å². The molecule has 1 nitrogen and oxygen atoms in total. The normalized spacial score (nSPS) is 11.7.